The zero-order chi connectivity index (χ0) is 15.5. The number of fused-ring (bicyclic) bond motifs is 1. The number of rotatable bonds is 6. The van der Waals surface area contributed by atoms with E-state index < -0.39 is 0 Å². The average molecular weight is 296 g/mol. The van der Waals surface area contributed by atoms with Gasteiger partial charge in [0.15, 0.2) is 0 Å². The van der Waals surface area contributed by atoms with Gasteiger partial charge in [-0.1, -0.05) is 13.8 Å². The highest BCUT2D eigenvalue weighted by molar-refractivity contribution is 4.91. The Balaban J connectivity index is 1.92. The Hall–Kier alpha value is -0.120. The maximum absolute atomic E-state index is 3.76. The minimum Gasteiger partial charge on any atom is -0.311 e. The lowest BCUT2D eigenvalue weighted by Gasteiger charge is -2.44. The van der Waals surface area contributed by atoms with E-state index in [1.165, 1.54) is 58.4 Å². The topological polar surface area (TPSA) is 18.5 Å². The molecule has 2 heterocycles. The lowest BCUT2D eigenvalue weighted by molar-refractivity contribution is 0.0570. The van der Waals surface area contributed by atoms with Gasteiger partial charge < -0.3 is 5.32 Å². The molecule has 3 nitrogen and oxygen atoms in total. The van der Waals surface area contributed by atoms with Crippen molar-refractivity contribution >= 4 is 0 Å². The summed E-state index contributed by atoms with van der Waals surface area (Å²) in [5.41, 5.74) is 0.661. The monoisotopic (exact) mass is 295 g/mol. The Labute approximate surface area is 132 Å². The van der Waals surface area contributed by atoms with Gasteiger partial charge in [0.05, 0.1) is 0 Å². The molecule has 2 fully saturated rings. The minimum absolute atomic E-state index is 0.222. The highest BCUT2D eigenvalue weighted by Gasteiger charge is 2.35. The molecule has 1 unspecified atom stereocenters. The fraction of sp³-hybridized carbons (Fsp3) is 1.00. The molecule has 1 atom stereocenters. The Morgan fingerprint density at radius 3 is 2.38 bits per heavy atom. The molecule has 0 saturated carbocycles. The molecule has 3 heteroatoms. The third-order valence-corrected chi connectivity index (χ3v) is 5.72. The number of hydrogen-bond acceptors (Lipinski definition) is 3. The highest BCUT2D eigenvalue weighted by Crippen LogP contribution is 2.30. The van der Waals surface area contributed by atoms with Crippen molar-refractivity contribution in [1.29, 1.82) is 0 Å². The van der Waals surface area contributed by atoms with Gasteiger partial charge in [-0.3, -0.25) is 9.80 Å². The molecule has 21 heavy (non-hydrogen) atoms. The predicted molar refractivity (Wildman–Crippen MR) is 91.8 cm³/mol. The summed E-state index contributed by atoms with van der Waals surface area (Å²) in [7, 11) is 0. The molecule has 0 aromatic carbocycles. The van der Waals surface area contributed by atoms with E-state index in [4.69, 9.17) is 0 Å². The van der Waals surface area contributed by atoms with E-state index in [0.29, 0.717) is 5.41 Å². The van der Waals surface area contributed by atoms with Crippen LogP contribution in [0.3, 0.4) is 0 Å². The molecule has 0 aromatic heterocycles. The molecule has 2 aliphatic heterocycles. The van der Waals surface area contributed by atoms with Crippen LogP contribution in [0.15, 0.2) is 0 Å². The van der Waals surface area contributed by atoms with E-state index in [1.54, 1.807) is 0 Å². The summed E-state index contributed by atoms with van der Waals surface area (Å²) < 4.78 is 0. The largest absolute Gasteiger partial charge is 0.311 e. The van der Waals surface area contributed by atoms with Crippen LogP contribution in [0.4, 0.5) is 0 Å². The minimum atomic E-state index is 0.222. The molecule has 0 aliphatic carbocycles. The first-order valence-electron chi connectivity index (χ1n) is 9.09. The molecule has 1 N–H and O–H groups in total. The fourth-order valence-corrected chi connectivity index (χ4v) is 3.91. The summed E-state index contributed by atoms with van der Waals surface area (Å²) in [5, 5.41) is 3.76. The van der Waals surface area contributed by atoms with Gasteiger partial charge >= 0.3 is 0 Å². The summed E-state index contributed by atoms with van der Waals surface area (Å²) in [5.74, 6) is 0. The smallest absolute Gasteiger partial charge is 0.0224 e. The second kappa shape index (κ2) is 6.97. The molecule has 0 bridgehead atoms. The third-order valence-electron chi connectivity index (χ3n) is 5.72. The zero-order valence-corrected chi connectivity index (χ0v) is 15.0. The molecule has 2 rings (SSSR count). The molecule has 0 aromatic rings. The second-order valence-electron chi connectivity index (χ2n) is 8.38. The quantitative estimate of drug-likeness (QED) is 0.813. The Bertz CT molecular complexity index is 317. The van der Waals surface area contributed by atoms with Gasteiger partial charge in [0, 0.05) is 44.3 Å². The van der Waals surface area contributed by atoms with Crippen molar-refractivity contribution in [3.8, 4) is 0 Å². The highest BCUT2D eigenvalue weighted by atomic mass is 15.3. The first kappa shape index (κ1) is 17.2. The van der Waals surface area contributed by atoms with E-state index in [9.17, 15) is 0 Å². The molecule has 124 valence electrons. The third kappa shape index (κ3) is 4.67. The zero-order valence-electron chi connectivity index (χ0n) is 15.0. The van der Waals surface area contributed by atoms with Gasteiger partial charge in [0.1, 0.15) is 0 Å². The van der Waals surface area contributed by atoms with Crippen LogP contribution in [0.25, 0.3) is 0 Å². The van der Waals surface area contributed by atoms with Crippen molar-refractivity contribution in [3.05, 3.63) is 0 Å². The van der Waals surface area contributed by atoms with E-state index in [1.807, 2.05) is 0 Å². The number of nitrogens with zero attached hydrogens (tertiary/aromatic N) is 2. The number of hydrogen-bond donors (Lipinski definition) is 1. The van der Waals surface area contributed by atoms with Crippen LogP contribution in [0.2, 0.25) is 0 Å². The van der Waals surface area contributed by atoms with Crippen LogP contribution in [-0.2, 0) is 0 Å². The maximum atomic E-state index is 3.76. The van der Waals surface area contributed by atoms with Gasteiger partial charge in [0.2, 0.25) is 0 Å². The average Bonchev–Trinajstić information content (AvgIpc) is 2.90. The summed E-state index contributed by atoms with van der Waals surface area (Å²) in [6.07, 6.45) is 5.38. The van der Waals surface area contributed by atoms with E-state index in [2.05, 4.69) is 49.7 Å². The van der Waals surface area contributed by atoms with E-state index >= 15 is 0 Å². The lowest BCUT2D eigenvalue weighted by atomic mass is 9.80. The predicted octanol–water partition coefficient (Wildman–Crippen LogP) is 2.96. The van der Waals surface area contributed by atoms with Crippen molar-refractivity contribution in [2.45, 2.75) is 71.9 Å². The van der Waals surface area contributed by atoms with Crippen molar-refractivity contribution in [2.24, 2.45) is 5.41 Å². The van der Waals surface area contributed by atoms with Crippen LogP contribution < -0.4 is 5.32 Å². The van der Waals surface area contributed by atoms with Gasteiger partial charge in [-0.25, -0.2) is 0 Å². The van der Waals surface area contributed by atoms with Crippen LogP contribution in [0.1, 0.15) is 60.3 Å². The number of nitrogens with one attached hydrogen (secondary N) is 1. The standard InChI is InChI=1S/C18H37N3/c1-6-18(7-2,14-19-17(3,4)5)15-20-11-12-21-10-8-9-16(21)13-20/h16,19H,6-15H2,1-5H3. The van der Waals surface area contributed by atoms with Crippen LogP contribution in [0.5, 0.6) is 0 Å². The second-order valence-corrected chi connectivity index (χ2v) is 8.38. The van der Waals surface area contributed by atoms with Crippen molar-refractivity contribution in [2.75, 3.05) is 39.3 Å². The van der Waals surface area contributed by atoms with Crippen molar-refractivity contribution in [3.63, 3.8) is 0 Å². The summed E-state index contributed by atoms with van der Waals surface area (Å²) in [6, 6.07) is 0.848. The van der Waals surface area contributed by atoms with Gasteiger partial charge in [-0.05, 0) is 58.4 Å². The Morgan fingerprint density at radius 2 is 1.76 bits per heavy atom. The van der Waals surface area contributed by atoms with Crippen LogP contribution in [-0.4, -0.2) is 60.6 Å². The fourth-order valence-electron chi connectivity index (χ4n) is 3.91. The van der Waals surface area contributed by atoms with Gasteiger partial charge in [0.25, 0.3) is 0 Å². The molecule has 2 aliphatic rings. The van der Waals surface area contributed by atoms with Crippen LogP contribution in [0, 0.1) is 5.41 Å². The lowest BCUT2D eigenvalue weighted by Crippen LogP contribution is -2.55. The SMILES string of the molecule is CCC(CC)(CNC(C)(C)C)CN1CCN2CCCC2C1. The Kier molecular flexibility index (Phi) is 5.72. The molecule has 2 saturated heterocycles. The van der Waals surface area contributed by atoms with E-state index in [0.717, 1.165) is 12.6 Å². The maximum Gasteiger partial charge on any atom is 0.0224 e. The van der Waals surface area contributed by atoms with Crippen molar-refractivity contribution in [1.82, 2.24) is 15.1 Å². The summed E-state index contributed by atoms with van der Waals surface area (Å²) >= 11 is 0. The van der Waals surface area contributed by atoms with Crippen LogP contribution >= 0.6 is 0 Å². The summed E-state index contributed by atoms with van der Waals surface area (Å²) in [6.45, 7) is 19.2. The van der Waals surface area contributed by atoms with E-state index in [-0.39, 0.29) is 5.54 Å². The molecular weight excluding hydrogens is 258 g/mol. The summed E-state index contributed by atoms with van der Waals surface area (Å²) in [4.78, 5) is 5.47. The first-order valence-corrected chi connectivity index (χ1v) is 9.09. The Morgan fingerprint density at radius 1 is 1.05 bits per heavy atom. The van der Waals surface area contributed by atoms with Gasteiger partial charge in [-0.15, -0.1) is 0 Å². The van der Waals surface area contributed by atoms with Gasteiger partial charge in [-0.2, -0.15) is 0 Å². The molecule has 0 amide bonds. The number of piperazine rings is 1. The molecular formula is C18H37N3. The molecule has 0 spiro atoms. The first-order chi connectivity index (χ1) is 9.87. The normalized spacial score (nSPS) is 25.3. The van der Waals surface area contributed by atoms with Crippen molar-refractivity contribution < 1.29 is 0 Å². The molecule has 0 radical (unpaired) electrons.